The molecule has 2 aromatic carbocycles. The largest absolute Gasteiger partial charge is 0.497 e. The van der Waals surface area contributed by atoms with Gasteiger partial charge in [-0.1, -0.05) is 17.7 Å². The van der Waals surface area contributed by atoms with Crippen molar-refractivity contribution in [2.75, 3.05) is 19.0 Å². The third-order valence-electron chi connectivity index (χ3n) is 2.90. The van der Waals surface area contributed by atoms with E-state index < -0.39 is 11.9 Å². The number of amides is 1. The molecule has 0 aliphatic heterocycles. The Bertz CT molecular complexity index is 732. The van der Waals surface area contributed by atoms with Gasteiger partial charge in [0.2, 0.25) is 0 Å². The summed E-state index contributed by atoms with van der Waals surface area (Å²) in [6.07, 6.45) is 0. The van der Waals surface area contributed by atoms with E-state index in [9.17, 15) is 9.59 Å². The van der Waals surface area contributed by atoms with Crippen LogP contribution in [-0.2, 0) is 4.79 Å². The molecule has 0 radical (unpaired) electrons. The van der Waals surface area contributed by atoms with E-state index in [1.165, 1.54) is 25.3 Å². The van der Waals surface area contributed by atoms with Crippen molar-refractivity contribution < 1.29 is 24.2 Å². The molecule has 6 nitrogen and oxygen atoms in total. The lowest BCUT2D eigenvalue weighted by Crippen LogP contribution is -2.21. The van der Waals surface area contributed by atoms with Gasteiger partial charge in [-0.3, -0.25) is 4.79 Å². The highest BCUT2D eigenvalue weighted by Crippen LogP contribution is 2.22. The van der Waals surface area contributed by atoms with E-state index in [0.29, 0.717) is 16.5 Å². The Labute approximate surface area is 137 Å². The maximum absolute atomic E-state index is 11.9. The number of hydrogen-bond donors (Lipinski definition) is 2. The lowest BCUT2D eigenvalue weighted by Gasteiger charge is -2.10. The fourth-order valence-electron chi connectivity index (χ4n) is 1.83. The summed E-state index contributed by atoms with van der Waals surface area (Å²) in [5.74, 6) is -0.599. The molecule has 0 heterocycles. The number of rotatable bonds is 6. The van der Waals surface area contributed by atoms with Gasteiger partial charge in [-0.05, 0) is 30.3 Å². The molecule has 0 spiro atoms. The Kier molecular flexibility index (Phi) is 5.43. The molecular formula is C16H14ClNO5. The van der Waals surface area contributed by atoms with Crippen molar-refractivity contribution in [2.24, 2.45) is 0 Å². The first kappa shape index (κ1) is 16.6. The SMILES string of the molecule is COc1cccc(OCC(=O)Nc2cc(Cl)ccc2C(=O)O)c1. The van der Waals surface area contributed by atoms with E-state index in [2.05, 4.69) is 5.32 Å². The first-order valence-electron chi connectivity index (χ1n) is 6.59. The van der Waals surface area contributed by atoms with Crippen LogP contribution in [0.4, 0.5) is 5.69 Å². The zero-order chi connectivity index (χ0) is 16.8. The number of ether oxygens (including phenoxy) is 2. The zero-order valence-corrected chi connectivity index (χ0v) is 13.0. The normalized spacial score (nSPS) is 10.0. The summed E-state index contributed by atoms with van der Waals surface area (Å²) in [6.45, 7) is -0.279. The molecule has 7 heteroatoms. The van der Waals surface area contributed by atoms with Crippen LogP contribution in [0.1, 0.15) is 10.4 Å². The van der Waals surface area contributed by atoms with Gasteiger partial charge in [0.05, 0.1) is 18.4 Å². The van der Waals surface area contributed by atoms with Crippen LogP contribution < -0.4 is 14.8 Å². The second kappa shape index (κ2) is 7.51. The minimum absolute atomic E-state index is 0.0517. The molecule has 0 saturated carbocycles. The summed E-state index contributed by atoms with van der Waals surface area (Å²) in [5, 5.41) is 11.9. The molecule has 0 aliphatic rings. The average molecular weight is 336 g/mol. The quantitative estimate of drug-likeness (QED) is 0.847. The highest BCUT2D eigenvalue weighted by Gasteiger charge is 2.13. The topological polar surface area (TPSA) is 84.9 Å². The zero-order valence-electron chi connectivity index (χ0n) is 12.2. The highest BCUT2D eigenvalue weighted by molar-refractivity contribution is 6.31. The van der Waals surface area contributed by atoms with Crippen LogP contribution in [0.15, 0.2) is 42.5 Å². The van der Waals surface area contributed by atoms with Crippen molar-refractivity contribution in [1.29, 1.82) is 0 Å². The van der Waals surface area contributed by atoms with Gasteiger partial charge in [-0.25, -0.2) is 4.79 Å². The van der Waals surface area contributed by atoms with E-state index in [4.69, 9.17) is 26.2 Å². The molecular weight excluding hydrogens is 322 g/mol. The van der Waals surface area contributed by atoms with Crippen LogP contribution in [0.3, 0.4) is 0 Å². The molecule has 0 aliphatic carbocycles. The summed E-state index contributed by atoms with van der Waals surface area (Å²) in [4.78, 5) is 23.0. The summed E-state index contributed by atoms with van der Waals surface area (Å²) < 4.78 is 10.4. The van der Waals surface area contributed by atoms with Gasteiger partial charge in [0.15, 0.2) is 6.61 Å². The van der Waals surface area contributed by atoms with E-state index in [0.717, 1.165) is 0 Å². The molecule has 0 unspecified atom stereocenters. The lowest BCUT2D eigenvalue weighted by atomic mass is 10.2. The summed E-state index contributed by atoms with van der Waals surface area (Å²) in [5.41, 5.74) is 0.0633. The second-order valence-electron chi connectivity index (χ2n) is 4.51. The third-order valence-corrected chi connectivity index (χ3v) is 3.13. The molecule has 0 saturated heterocycles. The standard InChI is InChI=1S/C16H14ClNO5/c1-22-11-3-2-4-12(8-11)23-9-15(19)18-14-7-10(17)5-6-13(14)16(20)21/h2-8H,9H2,1H3,(H,18,19)(H,20,21). The van der Waals surface area contributed by atoms with Crippen molar-refractivity contribution in [3.63, 3.8) is 0 Å². The summed E-state index contributed by atoms with van der Waals surface area (Å²) in [6, 6.07) is 10.9. The number of carboxylic acid groups (broad SMARTS) is 1. The highest BCUT2D eigenvalue weighted by atomic mass is 35.5. The van der Waals surface area contributed by atoms with Crippen molar-refractivity contribution in [3.05, 3.63) is 53.1 Å². The molecule has 2 rings (SSSR count). The number of carbonyl (C=O) groups is 2. The van der Waals surface area contributed by atoms with E-state index >= 15 is 0 Å². The monoisotopic (exact) mass is 335 g/mol. The van der Waals surface area contributed by atoms with Crippen LogP contribution in [0, 0.1) is 0 Å². The minimum Gasteiger partial charge on any atom is -0.497 e. The van der Waals surface area contributed by atoms with Gasteiger partial charge >= 0.3 is 5.97 Å². The van der Waals surface area contributed by atoms with Gasteiger partial charge in [0.25, 0.3) is 5.91 Å². The number of benzene rings is 2. The third kappa shape index (κ3) is 4.62. The molecule has 2 N–H and O–H groups in total. The van der Waals surface area contributed by atoms with Gasteiger partial charge in [-0.15, -0.1) is 0 Å². The smallest absolute Gasteiger partial charge is 0.337 e. The molecule has 0 aromatic heterocycles. The predicted octanol–water partition coefficient (Wildman–Crippen LogP) is 3.06. The first-order valence-corrected chi connectivity index (χ1v) is 6.97. The van der Waals surface area contributed by atoms with Crippen LogP contribution in [0.5, 0.6) is 11.5 Å². The minimum atomic E-state index is -1.16. The number of halogens is 1. The molecule has 0 atom stereocenters. The second-order valence-corrected chi connectivity index (χ2v) is 4.95. The van der Waals surface area contributed by atoms with Crippen LogP contribution >= 0.6 is 11.6 Å². The first-order chi connectivity index (χ1) is 11.0. The number of methoxy groups -OCH3 is 1. The Morgan fingerprint density at radius 1 is 1.17 bits per heavy atom. The number of carbonyl (C=O) groups excluding carboxylic acids is 1. The Morgan fingerprint density at radius 2 is 1.91 bits per heavy atom. The van der Waals surface area contributed by atoms with E-state index in [1.807, 2.05) is 0 Å². The Balaban J connectivity index is 2.02. The number of aromatic carboxylic acids is 1. The van der Waals surface area contributed by atoms with Gasteiger partial charge in [0, 0.05) is 11.1 Å². The Hall–Kier alpha value is -2.73. The molecule has 2 aromatic rings. The maximum atomic E-state index is 11.9. The van der Waals surface area contributed by atoms with Crippen LogP contribution in [-0.4, -0.2) is 30.7 Å². The maximum Gasteiger partial charge on any atom is 0.337 e. The molecule has 120 valence electrons. The van der Waals surface area contributed by atoms with Gasteiger partial charge in [-0.2, -0.15) is 0 Å². The van der Waals surface area contributed by atoms with Gasteiger partial charge < -0.3 is 19.9 Å². The van der Waals surface area contributed by atoms with Crippen LogP contribution in [0.2, 0.25) is 5.02 Å². The van der Waals surface area contributed by atoms with Crippen molar-refractivity contribution in [3.8, 4) is 11.5 Å². The molecule has 0 bridgehead atoms. The predicted molar refractivity (Wildman–Crippen MR) is 85.5 cm³/mol. The van der Waals surface area contributed by atoms with E-state index in [-0.39, 0.29) is 17.9 Å². The van der Waals surface area contributed by atoms with Crippen molar-refractivity contribution in [2.45, 2.75) is 0 Å². The average Bonchev–Trinajstić information content (AvgIpc) is 2.53. The van der Waals surface area contributed by atoms with E-state index in [1.54, 1.807) is 24.3 Å². The number of anilines is 1. The van der Waals surface area contributed by atoms with Crippen LogP contribution in [0.25, 0.3) is 0 Å². The lowest BCUT2D eigenvalue weighted by molar-refractivity contribution is -0.118. The number of nitrogens with one attached hydrogen (secondary N) is 1. The molecule has 1 amide bonds. The van der Waals surface area contributed by atoms with Crippen molar-refractivity contribution >= 4 is 29.2 Å². The summed E-state index contributed by atoms with van der Waals surface area (Å²) >= 11 is 5.82. The molecule has 0 fully saturated rings. The fourth-order valence-corrected chi connectivity index (χ4v) is 2.00. The molecule has 23 heavy (non-hydrogen) atoms. The number of hydrogen-bond acceptors (Lipinski definition) is 4. The fraction of sp³-hybridized carbons (Fsp3) is 0.125. The van der Waals surface area contributed by atoms with Gasteiger partial charge in [0.1, 0.15) is 11.5 Å². The summed E-state index contributed by atoms with van der Waals surface area (Å²) in [7, 11) is 1.53. The van der Waals surface area contributed by atoms with Crippen molar-refractivity contribution in [1.82, 2.24) is 0 Å². The number of carboxylic acids is 1. The Morgan fingerprint density at radius 3 is 2.61 bits per heavy atom.